The number of rotatable bonds is 2. The van der Waals surface area contributed by atoms with Gasteiger partial charge in [-0.25, -0.2) is 0 Å². The van der Waals surface area contributed by atoms with Crippen LogP contribution in [0.3, 0.4) is 0 Å². The standard InChI is InChI=1S/C10H14ClNO2S/c1-3-5-10-8-12(15(11,13)14)7-6-9(10)4-2/h3-5H,1,6-8H2,2H3/b9-4-,10-5-. The summed E-state index contributed by atoms with van der Waals surface area (Å²) in [6, 6.07) is 0. The molecule has 3 nitrogen and oxygen atoms in total. The quantitative estimate of drug-likeness (QED) is 0.702. The van der Waals surface area contributed by atoms with Crippen LogP contribution in [-0.4, -0.2) is 25.8 Å². The van der Waals surface area contributed by atoms with Crippen LogP contribution in [0.5, 0.6) is 0 Å². The molecule has 1 rings (SSSR count). The smallest absolute Gasteiger partial charge is 0.195 e. The normalized spacial score (nSPS) is 24.7. The van der Waals surface area contributed by atoms with Crippen LogP contribution in [0.1, 0.15) is 13.3 Å². The molecule has 0 atom stereocenters. The van der Waals surface area contributed by atoms with Crippen molar-refractivity contribution in [2.75, 3.05) is 13.1 Å². The topological polar surface area (TPSA) is 37.4 Å². The van der Waals surface area contributed by atoms with Crippen molar-refractivity contribution >= 4 is 19.9 Å². The highest BCUT2D eigenvalue weighted by atomic mass is 35.7. The maximum atomic E-state index is 11.1. The molecule has 0 spiro atoms. The van der Waals surface area contributed by atoms with Crippen molar-refractivity contribution in [3.63, 3.8) is 0 Å². The first-order chi connectivity index (χ1) is 6.99. The Bertz CT molecular complexity index is 409. The van der Waals surface area contributed by atoms with Crippen molar-refractivity contribution in [1.82, 2.24) is 4.31 Å². The summed E-state index contributed by atoms with van der Waals surface area (Å²) in [6.07, 6.45) is 6.17. The molecule has 1 aliphatic rings. The van der Waals surface area contributed by atoms with Gasteiger partial charge in [0.1, 0.15) is 0 Å². The predicted molar refractivity (Wildman–Crippen MR) is 63.0 cm³/mol. The van der Waals surface area contributed by atoms with Gasteiger partial charge in [0, 0.05) is 23.8 Å². The fourth-order valence-corrected chi connectivity index (χ4v) is 2.55. The van der Waals surface area contributed by atoms with Gasteiger partial charge in [-0.3, -0.25) is 0 Å². The molecule has 0 aliphatic carbocycles. The van der Waals surface area contributed by atoms with Crippen molar-refractivity contribution in [2.24, 2.45) is 0 Å². The number of halogens is 1. The molecule has 1 saturated heterocycles. The largest absolute Gasteiger partial charge is 0.300 e. The maximum Gasteiger partial charge on any atom is 0.300 e. The van der Waals surface area contributed by atoms with E-state index in [0.717, 1.165) is 11.1 Å². The molecular weight excluding hydrogens is 234 g/mol. The average Bonchev–Trinajstić information content (AvgIpc) is 2.17. The molecule has 0 saturated carbocycles. The van der Waals surface area contributed by atoms with Crippen LogP contribution in [0.15, 0.2) is 36.0 Å². The van der Waals surface area contributed by atoms with E-state index in [4.69, 9.17) is 10.7 Å². The number of hydrogen-bond acceptors (Lipinski definition) is 2. The van der Waals surface area contributed by atoms with Crippen molar-refractivity contribution in [1.29, 1.82) is 0 Å². The Hall–Kier alpha value is -0.580. The van der Waals surface area contributed by atoms with Crippen molar-refractivity contribution in [3.05, 3.63) is 36.0 Å². The van der Waals surface area contributed by atoms with Crippen LogP contribution in [0.4, 0.5) is 0 Å². The molecule has 1 fully saturated rings. The van der Waals surface area contributed by atoms with E-state index in [1.807, 2.05) is 19.1 Å². The SMILES string of the molecule is C=C/C=C1/CN(S(=O)(=O)Cl)CC/C1=C/C. The zero-order chi connectivity index (χ0) is 11.5. The van der Waals surface area contributed by atoms with Gasteiger partial charge in [0.05, 0.1) is 0 Å². The Balaban J connectivity index is 2.94. The summed E-state index contributed by atoms with van der Waals surface area (Å²) in [4.78, 5) is 0. The fraction of sp³-hybridized carbons (Fsp3) is 0.400. The highest BCUT2D eigenvalue weighted by Gasteiger charge is 2.25. The van der Waals surface area contributed by atoms with Crippen molar-refractivity contribution in [3.8, 4) is 0 Å². The summed E-state index contributed by atoms with van der Waals surface area (Å²) in [5, 5.41) is 0. The van der Waals surface area contributed by atoms with Gasteiger partial charge in [-0.15, -0.1) is 0 Å². The Morgan fingerprint density at radius 3 is 2.60 bits per heavy atom. The monoisotopic (exact) mass is 247 g/mol. The Morgan fingerprint density at radius 1 is 1.47 bits per heavy atom. The van der Waals surface area contributed by atoms with Gasteiger partial charge in [-0.2, -0.15) is 12.7 Å². The van der Waals surface area contributed by atoms with Gasteiger partial charge in [0.25, 0.3) is 9.24 Å². The van der Waals surface area contributed by atoms with Gasteiger partial charge in [0.15, 0.2) is 0 Å². The predicted octanol–water partition coefficient (Wildman–Crippen LogP) is 2.23. The van der Waals surface area contributed by atoms with Gasteiger partial charge in [-0.1, -0.05) is 24.8 Å². The minimum atomic E-state index is -3.61. The Labute approximate surface area is 95.3 Å². The van der Waals surface area contributed by atoms with Crippen molar-refractivity contribution in [2.45, 2.75) is 13.3 Å². The molecule has 0 aromatic rings. The molecule has 0 aromatic heterocycles. The second kappa shape index (κ2) is 4.96. The first kappa shape index (κ1) is 12.5. The molecule has 15 heavy (non-hydrogen) atoms. The summed E-state index contributed by atoms with van der Waals surface area (Å²) in [6.45, 7) is 6.32. The van der Waals surface area contributed by atoms with E-state index in [9.17, 15) is 8.42 Å². The van der Waals surface area contributed by atoms with E-state index >= 15 is 0 Å². The third kappa shape index (κ3) is 3.19. The first-order valence-electron chi connectivity index (χ1n) is 4.66. The van der Waals surface area contributed by atoms with Crippen LogP contribution >= 0.6 is 10.7 Å². The number of piperidine rings is 1. The second-order valence-corrected chi connectivity index (χ2v) is 5.78. The van der Waals surface area contributed by atoms with Crippen LogP contribution in [-0.2, 0) is 9.24 Å². The van der Waals surface area contributed by atoms with E-state index in [-0.39, 0.29) is 0 Å². The van der Waals surface area contributed by atoms with E-state index in [1.165, 1.54) is 4.31 Å². The molecule has 0 bridgehead atoms. The van der Waals surface area contributed by atoms with Gasteiger partial charge in [0.2, 0.25) is 0 Å². The minimum Gasteiger partial charge on any atom is -0.195 e. The lowest BCUT2D eigenvalue weighted by Crippen LogP contribution is -2.34. The summed E-state index contributed by atoms with van der Waals surface area (Å²) < 4.78 is 23.6. The highest BCUT2D eigenvalue weighted by Crippen LogP contribution is 2.25. The van der Waals surface area contributed by atoms with Crippen LogP contribution < -0.4 is 0 Å². The summed E-state index contributed by atoms with van der Waals surface area (Å²) in [5.74, 6) is 0. The first-order valence-corrected chi connectivity index (χ1v) is 6.92. The maximum absolute atomic E-state index is 11.1. The highest BCUT2D eigenvalue weighted by molar-refractivity contribution is 8.11. The third-order valence-corrected chi connectivity index (χ3v) is 3.88. The molecule has 0 amide bonds. The Kier molecular flexibility index (Phi) is 4.13. The third-order valence-electron chi connectivity index (χ3n) is 2.37. The van der Waals surface area contributed by atoms with E-state index in [1.54, 1.807) is 6.08 Å². The summed E-state index contributed by atoms with van der Waals surface area (Å²) in [5.41, 5.74) is 2.12. The lowest BCUT2D eigenvalue weighted by Gasteiger charge is -2.27. The summed E-state index contributed by atoms with van der Waals surface area (Å²) in [7, 11) is 1.69. The molecule has 5 heteroatoms. The van der Waals surface area contributed by atoms with Gasteiger partial charge < -0.3 is 0 Å². The van der Waals surface area contributed by atoms with E-state index in [2.05, 4.69) is 6.58 Å². The lowest BCUT2D eigenvalue weighted by atomic mass is 9.99. The number of nitrogens with zero attached hydrogens (tertiary/aromatic N) is 1. The molecule has 0 N–H and O–H groups in total. The molecule has 0 unspecified atom stereocenters. The van der Waals surface area contributed by atoms with Crippen LogP contribution in [0.25, 0.3) is 0 Å². The van der Waals surface area contributed by atoms with E-state index < -0.39 is 9.24 Å². The molecule has 84 valence electrons. The van der Waals surface area contributed by atoms with E-state index in [0.29, 0.717) is 19.5 Å². The fourth-order valence-electron chi connectivity index (χ4n) is 1.59. The average molecular weight is 248 g/mol. The number of hydrogen-bond donors (Lipinski definition) is 0. The zero-order valence-electron chi connectivity index (χ0n) is 8.61. The van der Waals surface area contributed by atoms with Gasteiger partial charge in [-0.05, 0) is 24.5 Å². The zero-order valence-corrected chi connectivity index (χ0v) is 10.2. The molecule has 0 radical (unpaired) electrons. The second-order valence-electron chi connectivity index (χ2n) is 3.27. The lowest BCUT2D eigenvalue weighted by molar-refractivity contribution is 0.431. The molecule has 1 heterocycles. The Morgan fingerprint density at radius 2 is 2.13 bits per heavy atom. The van der Waals surface area contributed by atoms with Crippen LogP contribution in [0, 0.1) is 0 Å². The minimum absolute atomic E-state index is 0.331. The summed E-state index contributed by atoms with van der Waals surface area (Å²) >= 11 is 0. The van der Waals surface area contributed by atoms with Crippen LogP contribution in [0.2, 0.25) is 0 Å². The molecule has 1 aliphatic heterocycles. The molecular formula is C10H14ClNO2S. The van der Waals surface area contributed by atoms with Gasteiger partial charge >= 0.3 is 0 Å². The number of allylic oxidation sites excluding steroid dienone is 3. The molecule has 0 aromatic carbocycles. The van der Waals surface area contributed by atoms with Crippen molar-refractivity contribution < 1.29 is 8.42 Å².